The van der Waals surface area contributed by atoms with Gasteiger partial charge in [0.1, 0.15) is 23.2 Å². The summed E-state index contributed by atoms with van der Waals surface area (Å²) in [6.45, 7) is 0. The van der Waals surface area contributed by atoms with E-state index in [0.717, 1.165) is 19.2 Å². The van der Waals surface area contributed by atoms with Crippen LogP contribution in [0.5, 0.6) is 5.75 Å². The summed E-state index contributed by atoms with van der Waals surface area (Å²) in [5, 5.41) is 0. The van der Waals surface area contributed by atoms with Crippen LogP contribution in [0.1, 0.15) is 10.4 Å². The van der Waals surface area contributed by atoms with Crippen molar-refractivity contribution >= 4 is 28.6 Å². The van der Waals surface area contributed by atoms with Gasteiger partial charge in [0.25, 0.3) is 0 Å². The highest BCUT2D eigenvalue weighted by molar-refractivity contribution is 14.1. The quantitative estimate of drug-likeness (QED) is 0.423. The monoisotopic (exact) mass is 422 g/mol. The Labute approximate surface area is 138 Å². The second kappa shape index (κ2) is 6.55. The number of rotatable bonds is 3. The highest BCUT2D eigenvalue weighted by atomic mass is 127. The number of hydrogen-bond acceptors (Lipinski definition) is 3. The molecule has 7 heteroatoms. The molecular weight excluding hydrogens is 412 g/mol. The van der Waals surface area contributed by atoms with E-state index in [9.17, 15) is 18.0 Å². The average molecular weight is 422 g/mol. The lowest BCUT2D eigenvalue weighted by Gasteiger charge is -2.14. The van der Waals surface area contributed by atoms with Crippen molar-refractivity contribution in [2.45, 2.75) is 0 Å². The first-order chi connectivity index (χ1) is 10.4. The largest absolute Gasteiger partial charge is 0.496 e. The van der Waals surface area contributed by atoms with Crippen molar-refractivity contribution in [3.8, 4) is 16.9 Å². The van der Waals surface area contributed by atoms with Crippen LogP contribution >= 0.6 is 22.6 Å². The lowest BCUT2D eigenvalue weighted by molar-refractivity contribution is 0.0598. The number of ether oxygens (including phenoxy) is 2. The molecular formula is C15H10F3IO3. The van der Waals surface area contributed by atoms with Gasteiger partial charge in [0.05, 0.1) is 34.5 Å². The maximum absolute atomic E-state index is 14.5. The molecule has 0 unspecified atom stereocenters. The van der Waals surface area contributed by atoms with Gasteiger partial charge in [-0.15, -0.1) is 0 Å². The van der Waals surface area contributed by atoms with Crippen molar-refractivity contribution in [2.24, 2.45) is 0 Å². The van der Waals surface area contributed by atoms with Crippen LogP contribution in [-0.2, 0) is 4.74 Å². The molecule has 0 bridgehead atoms. The molecule has 2 aromatic carbocycles. The first kappa shape index (κ1) is 16.6. The second-order valence-electron chi connectivity index (χ2n) is 4.22. The van der Waals surface area contributed by atoms with Crippen molar-refractivity contribution in [1.29, 1.82) is 0 Å². The molecule has 0 aliphatic rings. The molecule has 0 spiro atoms. The smallest absolute Gasteiger partial charge is 0.339 e. The zero-order chi connectivity index (χ0) is 16.4. The maximum atomic E-state index is 14.5. The van der Waals surface area contributed by atoms with Crippen molar-refractivity contribution in [1.82, 2.24) is 0 Å². The van der Waals surface area contributed by atoms with E-state index in [0.29, 0.717) is 0 Å². The summed E-state index contributed by atoms with van der Waals surface area (Å²) in [6, 6.07) is 4.63. The van der Waals surface area contributed by atoms with Crippen molar-refractivity contribution in [3.63, 3.8) is 0 Å². The minimum absolute atomic E-state index is 0.0144. The summed E-state index contributed by atoms with van der Waals surface area (Å²) < 4.78 is 52.1. The van der Waals surface area contributed by atoms with Crippen LogP contribution in [0.2, 0.25) is 0 Å². The summed E-state index contributed by atoms with van der Waals surface area (Å²) in [6.07, 6.45) is 0. The minimum Gasteiger partial charge on any atom is -0.496 e. The van der Waals surface area contributed by atoms with Gasteiger partial charge in [-0.05, 0) is 40.8 Å². The molecule has 0 aliphatic heterocycles. The Morgan fingerprint density at radius 2 is 1.77 bits per heavy atom. The standard InChI is InChI=1S/C15H10F3IO3/c1-21-10-5-3-4-8(16)11(10)12-9(17)6-7(15(20)22-2)14(19)13(12)18/h3-6H,1-2H3. The topological polar surface area (TPSA) is 35.5 Å². The Hall–Kier alpha value is -1.77. The van der Waals surface area contributed by atoms with Crippen LogP contribution in [0.15, 0.2) is 24.3 Å². The van der Waals surface area contributed by atoms with Gasteiger partial charge in [0.15, 0.2) is 0 Å². The van der Waals surface area contributed by atoms with Crippen molar-refractivity contribution in [3.05, 3.63) is 50.9 Å². The Morgan fingerprint density at radius 3 is 2.36 bits per heavy atom. The van der Waals surface area contributed by atoms with Crippen molar-refractivity contribution in [2.75, 3.05) is 14.2 Å². The molecule has 0 aliphatic carbocycles. The second-order valence-corrected chi connectivity index (χ2v) is 5.30. The highest BCUT2D eigenvalue weighted by Gasteiger charge is 2.26. The molecule has 0 radical (unpaired) electrons. The molecule has 0 heterocycles. The van der Waals surface area contributed by atoms with Crippen LogP contribution < -0.4 is 4.74 Å². The number of carbonyl (C=O) groups excluding carboxylic acids is 1. The average Bonchev–Trinajstić information content (AvgIpc) is 2.51. The van der Waals surface area contributed by atoms with Gasteiger partial charge in [0, 0.05) is 0 Å². The normalized spacial score (nSPS) is 10.5. The molecule has 116 valence electrons. The molecule has 22 heavy (non-hydrogen) atoms. The number of carbonyl (C=O) groups is 1. The Morgan fingerprint density at radius 1 is 1.09 bits per heavy atom. The molecule has 0 aromatic heterocycles. The maximum Gasteiger partial charge on any atom is 0.339 e. The first-order valence-corrected chi connectivity index (χ1v) is 7.08. The van der Waals surface area contributed by atoms with Gasteiger partial charge in [0.2, 0.25) is 0 Å². The molecule has 0 amide bonds. The van der Waals surface area contributed by atoms with E-state index in [-0.39, 0.29) is 20.4 Å². The highest BCUT2D eigenvalue weighted by Crippen LogP contribution is 2.38. The summed E-state index contributed by atoms with van der Waals surface area (Å²) in [5.74, 6) is -3.86. The van der Waals surface area contributed by atoms with E-state index in [1.807, 2.05) is 0 Å². The Balaban J connectivity index is 2.79. The predicted molar refractivity (Wildman–Crippen MR) is 82.4 cm³/mol. The number of benzene rings is 2. The summed E-state index contributed by atoms with van der Waals surface area (Å²) in [7, 11) is 2.36. The summed E-state index contributed by atoms with van der Waals surface area (Å²) in [5.41, 5.74) is -1.20. The first-order valence-electron chi connectivity index (χ1n) is 6.01. The molecule has 0 N–H and O–H groups in total. The number of hydrogen-bond donors (Lipinski definition) is 0. The summed E-state index contributed by atoms with van der Waals surface area (Å²) in [4.78, 5) is 11.5. The van der Waals surface area contributed by atoms with Gasteiger partial charge in [-0.2, -0.15) is 0 Å². The molecule has 3 nitrogen and oxygen atoms in total. The van der Waals surface area contributed by atoms with E-state index >= 15 is 0 Å². The third-order valence-electron chi connectivity index (χ3n) is 3.01. The van der Waals surface area contributed by atoms with Gasteiger partial charge in [-0.3, -0.25) is 0 Å². The number of methoxy groups -OCH3 is 2. The van der Waals surface area contributed by atoms with Crippen molar-refractivity contribution < 1.29 is 27.4 Å². The molecule has 0 saturated heterocycles. The lowest BCUT2D eigenvalue weighted by atomic mass is 10.0. The van der Waals surface area contributed by atoms with Crippen LogP contribution in [-0.4, -0.2) is 20.2 Å². The third-order valence-corrected chi connectivity index (χ3v) is 4.06. The zero-order valence-corrected chi connectivity index (χ0v) is 13.7. The van der Waals surface area contributed by atoms with Gasteiger partial charge >= 0.3 is 5.97 Å². The fraction of sp³-hybridized carbons (Fsp3) is 0.133. The van der Waals surface area contributed by atoms with E-state index in [4.69, 9.17) is 4.74 Å². The summed E-state index contributed by atoms with van der Waals surface area (Å²) >= 11 is 1.54. The Bertz CT molecular complexity index is 747. The Kier molecular flexibility index (Phi) is 4.94. The van der Waals surface area contributed by atoms with Crippen LogP contribution in [0.3, 0.4) is 0 Å². The fourth-order valence-corrected chi connectivity index (χ4v) is 2.65. The van der Waals surface area contributed by atoms with E-state index in [2.05, 4.69) is 4.74 Å². The number of halogens is 4. The zero-order valence-electron chi connectivity index (χ0n) is 11.5. The third kappa shape index (κ3) is 2.77. The van der Waals surface area contributed by atoms with Crippen LogP contribution in [0.4, 0.5) is 13.2 Å². The molecule has 0 saturated carbocycles. The van der Waals surface area contributed by atoms with Gasteiger partial charge in [-0.1, -0.05) is 6.07 Å². The van der Waals surface area contributed by atoms with E-state index in [1.165, 1.54) is 19.2 Å². The SMILES string of the molecule is COC(=O)c1cc(F)c(-c2c(F)cccc2OC)c(F)c1I. The molecule has 2 aromatic rings. The van der Waals surface area contributed by atoms with Crippen LogP contribution in [0.25, 0.3) is 11.1 Å². The minimum atomic E-state index is -1.08. The fourth-order valence-electron chi connectivity index (χ4n) is 2.00. The number of esters is 1. The van der Waals surface area contributed by atoms with Gasteiger partial charge in [-0.25, -0.2) is 18.0 Å². The van der Waals surface area contributed by atoms with E-state index < -0.39 is 29.0 Å². The predicted octanol–water partition coefficient (Wildman–Crippen LogP) is 4.17. The molecule has 2 rings (SSSR count). The molecule has 0 fully saturated rings. The lowest BCUT2D eigenvalue weighted by Crippen LogP contribution is -2.09. The molecule has 0 atom stereocenters. The van der Waals surface area contributed by atoms with Crippen LogP contribution in [0, 0.1) is 21.0 Å². The van der Waals surface area contributed by atoms with E-state index in [1.54, 1.807) is 22.6 Å². The van der Waals surface area contributed by atoms with Gasteiger partial charge < -0.3 is 9.47 Å².